The molecular formula is C6H12Na2O4. The normalized spacial score (nSPS) is 7.67. The fourth-order valence-electron chi connectivity index (χ4n) is 0.552. The van der Waals surface area contributed by atoms with Crippen molar-refractivity contribution in [1.29, 1.82) is 0 Å². The summed E-state index contributed by atoms with van der Waals surface area (Å²) in [5, 5.41) is 16.3. The van der Waals surface area contributed by atoms with Gasteiger partial charge < -0.3 is 10.2 Å². The zero-order valence-corrected chi connectivity index (χ0v) is 5.54. The predicted molar refractivity (Wildman–Crippen MR) is 48.0 cm³/mol. The number of hydrogen-bond acceptors (Lipinski definition) is 2. The van der Waals surface area contributed by atoms with Crippen molar-refractivity contribution in [1.82, 2.24) is 0 Å². The Bertz CT molecular complexity index is 122. The van der Waals surface area contributed by atoms with Crippen molar-refractivity contribution >= 4 is 71.1 Å². The van der Waals surface area contributed by atoms with Crippen LogP contribution < -0.4 is 0 Å². The van der Waals surface area contributed by atoms with Crippen LogP contribution in [0, 0.1) is 0 Å². The van der Waals surface area contributed by atoms with Crippen molar-refractivity contribution in [2.45, 2.75) is 25.7 Å². The van der Waals surface area contributed by atoms with Crippen molar-refractivity contribution in [2.75, 3.05) is 0 Å². The summed E-state index contributed by atoms with van der Waals surface area (Å²) in [6.07, 6.45) is 1.02. The third-order valence-corrected chi connectivity index (χ3v) is 1.03. The van der Waals surface area contributed by atoms with Crippen LogP contribution >= 0.6 is 0 Å². The van der Waals surface area contributed by atoms with E-state index in [9.17, 15) is 9.59 Å². The molecule has 0 radical (unpaired) electrons. The average molecular weight is 194 g/mol. The minimum atomic E-state index is -0.870. The molecule has 2 N–H and O–H groups in total. The number of rotatable bonds is 5. The fraction of sp³-hybridized carbons (Fsp3) is 0.667. The van der Waals surface area contributed by atoms with Crippen LogP contribution in [0.4, 0.5) is 0 Å². The molecule has 0 aliphatic carbocycles. The first-order valence-electron chi connectivity index (χ1n) is 3.06. The van der Waals surface area contributed by atoms with Gasteiger partial charge in [0.15, 0.2) is 0 Å². The van der Waals surface area contributed by atoms with E-state index in [4.69, 9.17) is 10.2 Å². The Balaban J connectivity index is -0.000000405. The van der Waals surface area contributed by atoms with E-state index >= 15 is 0 Å². The van der Waals surface area contributed by atoms with Gasteiger partial charge in [0, 0.05) is 12.8 Å². The second-order valence-electron chi connectivity index (χ2n) is 1.99. The molecule has 0 fully saturated rings. The summed E-state index contributed by atoms with van der Waals surface area (Å²) in [4.78, 5) is 19.8. The van der Waals surface area contributed by atoms with Crippen molar-refractivity contribution in [3.8, 4) is 0 Å². The Kier molecular flexibility index (Phi) is 18.6. The van der Waals surface area contributed by atoms with E-state index in [1.54, 1.807) is 0 Å². The molecule has 0 rings (SSSR count). The van der Waals surface area contributed by atoms with E-state index in [1.807, 2.05) is 0 Å². The van der Waals surface area contributed by atoms with Crippen LogP contribution in [0.5, 0.6) is 0 Å². The minimum absolute atomic E-state index is 0. The molecule has 0 spiro atoms. The number of carbonyl (C=O) groups is 2. The first-order chi connectivity index (χ1) is 4.63. The second-order valence-corrected chi connectivity index (χ2v) is 1.99. The molecule has 0 amide bonds. The summed E-state index contributed by atoms with van der Waals surface area (Å²) in [7, 11) is 0. The van der Waals surface area contributed by atoms with Crippen molar-refractivity contribution in [2.24, 2.45) is 0 Å². The van der Waals surface area contributed by atoms with Crippen molar-refractivity contribution in [3.05, 3.63) is 0 Å². The van der Waals surface area contributed by atoms with Gasteiger partial charge in [0.05, 0.1) is 0 Å². The summed E-state index contributed by atoms with van der Waals surface area (Å²) in [6, 6.07) is 0. The van der Waals surface area contributed by atoms with Crippen LogP contribution in [0.15, 0.2) is 0 Å². The van der Waals surface area contributed by atoms with E-state index < -0.39 is 11.9 Å². The first-order valence-corrected chi connectivity index (χ1v) is 3.06. The van der Waals surface area contributed by atoms with Gasteiger partial charge in [0.25, 0.3) is 0 Å². The van der Waals surface area contributed by atoms with E-state index in [1.165, 1.54) is 0 Å². The zero-order chi connectivity index (χ0) is 7.98. The van der Waals surface area contributed by atoms with E-state index in [0.29, 0.717) is 12.8 Å². The van der Waals surface area contributed by atoms with Gasteiger partial charge in [-0.2, -0.15) is 0 Å². The topological polar surface area (TPSA) is 74.6 Å². The standard InChI is InChI=1S/C6H10O4.2Na.2H/c7-5(8)3-1-2-4-6(9)10;;;;/h1-4H2,(H,7,8)(H,9,10);;;;. The quantitative estimate of drug-likeness (QED) is 0.453. The Labute approximate surface area is 115 Å². The summed E-state index contributed by atoms with van der Waals surface area (Å²) < 4.78 is 0. The molecule has 0 bridgehead atoms. The molecular weight excluding hydrogens is 182 g/mol. The van der Waals surface area contributed by atoms with Gasteiger partial charge in [-0.3, -0.25) is 9.59 Å². The molecule has 0 aromatic heterocycles. The summed E-state index contributed by atoms with van der Waals surface area (Å²) >= 11 is 0. The molecule has 0 saturated heterocycles. The molecule has 6 heteroatoms. The van der Waals surface area contributed by atoms with Gasteiger partial charge in [-0.15, -0.1) is 0 Å². The first kappa shape index (κ1) is 18.7. The molecule has 0 aliphatic heterocycles. The molecule has 0 aromatic rings. The van der Waals surface area contributed by atoms with Gasteiger partial charge in [-0.25, -0.2) is 0 Å². The van der Waals surface area contributed by atoms with E-state index in [0.717, 1.165) is 0 Å². The van der Waals surface area contributed by atoms with Gasteiger partial charge in [0.2, 0.25) is 0 Å². The average Bonchev–Trinajstić information content (AvgIpc) is 1.79. The Morgan fingerprint density at radius 1 is 0.833 bits per heavy atom. The zero-order valence-electron chi connectivity index (χ0n) is 5.54. The van der Waals surface area contributed by atoms with Gasteiger partial charge in [0.1, 0.15) is 0 Å². The third-order valence-electron chi connectivity index (χ3n) is 1.03. The number of carboxylic acid groups (broad SMARTS) is 2. The van der Waals surface area contributed by atoms with Crippen molar-refractivity contribution in [3.63, 3.8) is 0 Å². The van der Waals surface area contributed by atoms with Crippen LogP contribution in [0.25, 0.3) is 0 Å². The van der Waals surface area contributed by atoms with Crippen LogP contribution in [0.1, 0.15) is 25.7 Å². The molecule has 0 heterocycles. The van der Waals surface area contributed by atoms with Crippen LogP contribution in [0.2, 0.25) is 0 Å². The number of hydrogen-bond donors (Lipinski definition) is 2. The molecule has 0 aliphatic rings. The van der Waals surface area contributed by atoms with Gasteiger partial charge >= 0.3 is 71.1 Å². The maximum atomic E-state index is 9.90. The van der Waals surface area contributed by atoms with Crippen LogP contribution in [-0.4, -0.2) is 81.3 Å². The van der Waals surface area contributed by atoms with E-state index in [-0.39, 0.29) is 72.0 Å². The predicted octanol–water partition coefficient (Wildman–Crippen LogP) is -0.581. The third kappa shape index (κ3) is 17.1. The van der Waals surface area contributed by atoms with Gasteiger partial charge in [-0.05, 0) is 12.8 Å². The molecule has 0 aromatic carbocycles. The SMILES string of the molecule is O=C(O)CCCCC(=O)O.[NaH].[NaH]. The molecule has 62 valence electrons. The molecule has 12 heavy (non-hydrogen) atoms. The Hall–Kier alpha value is 0.940. The summed E-state index contributed by atoms with van der Waals surface area (Å²) in [5.74, 6) is -1.74. The maximum absolute atomic E-state index is 9.90. The molecule has 4 nitrogen and oxygen atoms in total. The number of unbranched alkanes of at least 4 members (excludes halogenated alkanes) is 1. The molecule has 0 atom stereocenters. The van der Waals surface area contributed by atoms with E-state index in [2.05, 4.69) is 0 Å². The van der Waals surface area contributed by atoms with Crippen molar-refractivity contribution < 1.29 is 19.8 Å². The second kappa shape index (κ2) is 11.9. The monoisotopic (exact) mass is 194 g/mol. The van der Waals surface area contributed by atoms with Crippen LogP contribution in [-0.2, 0) is 9.59 Å². The summed E-state index contributed by atoms with van der Waals surface area (Å²) in [6.45, 7) is 0. The Morgan fingerprint density at radius 2 is 1.08 bits per heavy atom. The number of aliphatic carboxylic acids is 2. The molecule has 0 unspecified atom stereocenters. The Morgan fingerprint density at radius 3 is 1.25 bits per heavy atom. The van der Waals surface area contributed by atoms with Crippen LogP contribution in [0.3, 0.4) is 0 Å². The number of carboxylic acids is 2. The van der Waals surface area contributed by atoms with Gasteiger partial charge in [-0.1, -0.05) is 0 Å². The fourth-order valence-corrected chi connectivity index (χ4v) is 0.552. The summed E-state index contributed by atoms with van der Waals surface area (Å²) in [5.41, 5.74) is 0. The molecule has 0 saturated carbocycles.